The number of anilines is 1. The van der Waals surface area contributed by atoms with Crippen molar-refractivity contribution in [3.63, 3.8) is 0 Å². The van der Waals surface area contributed by atoms with Crippen LogP contribution in [0, 0.1) is 0 Å². The fraction of sp³-hybridized carbons (Fsp3) is 0.429. The second kappa shape index (κ2) is 3.41. The average Bonchev–Trinajstić information content (AvgIpc) is 2.15. The zero-order valence-electron chi connectivity index (χ0n) is 9.85. The highest BCUT2D eigenvalue weighted by atomic mass is 14.9. The Kier molecular flexibility index (Phi) is 2.34. The van der Waals surface area contributed by atoms with E-state index < -0.39 is 0 Å². The van der Waals surface area contributed by atoms with Crippen molar-refractivity contribution in [1.82, 2.24) is 0 Å². The molecule has 15 heavy (non-hydrogen) atoms. The Morgan fingerprint density at radius 3 is 2.60 bits per heavy atom. The van der Waals surface area contributed by atoms with Crippen molar-refractivity contribution in [2.75, 3.05) is 5.32 Å². The lowest BCUT2D eigenvalue weighted by molar-refractivity contribution is 0.590. The molecule has 0 saturated heterocycles. The third-order valence-corrected chi connectivity index (χ3v) is 2.98. The SMILES string of the molecule is C=C1CCc2ccc(C(C)(C)C)cc2N1. The molecule has 1 N–H and O–H groups in total. The molecule has 0 unspecified atom stereocenters. The van der Waals surface area contributed by atoms with Gasteiger partial charge in [-0.25, -0.2) is 0 Å². The fourth-order valence-electron chi connectivity index (χ4n) is 1.92. The molecule has 80 valence electrons. The van der Waals surface area contributed by atoms with Gasteiger partial charge in [0, 0.05) is 11.4 Å². The number of rotatable bonds is 0. The standard InChI is InChI=1S/C14H19N/c1-10-5-6-11-7-8-12(14(2,3)4)9-13(11)15-10/h7-9,15H,1,5-6H2,2-4H3. The smallest absolute Gasteiger partial charge is 0.0417 e. The van der Waals surface area contributed by atoms with Crippen LogP contribution in [0.3, 0.4) is 0 Å². The summed E-state index contributed by atoms with van der Waals surface area (Å²) < 4.78 is 0. The minimum atomic E-state index is 0.218. The van der Waals surface area contributed by atoms with Crippen molar-refractivity contribution in [2.45, 2.75) is 39.0 Å². The number of hydrogen-bond donors (Lipinski definition) is 1. The van der Waals surface area contributed by atoms with Crippen LogP contribution in [0.1, 0.15) is 38.3 Å². The van der Waals surface area contributed by atoms with Crippen molar-refractivity contribution in [1.29, 1.82) is 0 Å². The Balaban J connectivity index is 2.41. The molecular weight excluding hydrogens is 182 g/mol. The average molecular weight is 201 g/mol. The van der Waals surface area contributed by atoms with Crippen LogP contribution >= 0.6 is 0 Å². The first-order valence-electron chi connectivity index (χ1n) is 5.55. The molecule has 0 saturated carbocycles. The highest BCUT2D eigenvalue weighted by Crippen LogP contribution is 2.31. The maximum atomic E-state index is 3.99. The van der Waals surface area contributed by atoms with Crippen molar-refractivity contribution in [3.05, 3.63) is 41.6 Å². The Labute approximate surface area is 92.2 Å². The van der Waals surface area contributed by atoms with Gasteiger partial charge in [0.05, 0.1) is 0 Å². The van der Waals surface area contributed by atoms with Crippen molar-refractivity contribution in [3.8, 4) is 0 Å². The van der Waals surface area contributed by atoms with Crippen molar-refractivity contribution < 1.29 is 0 Å². The third-order valence-electron chi connectivity index (χ3n) is 2.98. The van der Waals surface area contributed by atoms with Gasteiger partial charge in [-0.05, 0) is 35.4 Å². The van der Waals surface area contributed by atoms with E-state index in [9.17, 15) is 0 Å². The minimum absolute atomic E-state index is 0.218. The molecule has 0 fully saturated rings. The highest BCUT2D eigenvalue weighted by molar-refractivity contribution is 5.59. The molecule has 1 aromatic carbocycles. The number of allylic oxidation sites excluding steroid dienone is 1. The summed E-state index contributed by atoms with van der Waals surface area (Å²) in [6, 6.07) is 6.75. The quantitative estimate of drug-likeness (QED) is 0.672. The van der Waals surface area contributed by atoms with Gasteiger partial charge in [-0.2, -0.15) is 0 Å². The summed E-state index contributed by atoms with van der Waals surface area (Å²) in [6.45, 7) is 10.7. The van der Waals surface area contributed by atoms with Crippen LogP contribution in [0.15, 0.2) is 30.5 Å². The predicted molar refractivity (Wildman–Crippen MR) is 66.2 cm³/mol. The van der Waals surface area contributed by atoms with E-state index in [0.29, 0.717) is 0 Å². The third kappa shape index (κ3) is 2.06. The molecule has 0 atom stereocenters. The first kappa shape index (κ1) is 10.3. The van der Waals surface area contributed by atoms with Gasteiger partial charge in [0.2, 0.25) is 0 Å². The Morgan fingerprint density at radius 2 is 1.93 bits per heavy atom. The summed E-state index contributed by atoms with van der Waals surface area (Å²) in [5.41, 5.74) is 5.39. The summed E-state index contributed by atoms with van der Waals surface area (Å²) >= 11 is 0. The van der Waals surface area contributed by atoms with Gasteiger partial charge in [0.15, 0.2) is 0 Å². The summed E-state index contributed by atoms with van der Waals surface area (Å²) in [6.07, 6.45) is 2.17. The van der Waals surface area contributed by atoms with E-state index in [1.165, 1.54) is 16.8 Å². The van der Waals surface area contributed by atoms with Crippen LogP contribution in [0.25, 0.3) is 0 Å². The van der Waals surface area contributed by atoms with Gasteiger partial charge in [-0.3, -0.25) is 0 Å². The van der Waals surface area contributed by atoms with Crippen molar-refractivity contribution >= 4 is 5.69 Å². The van der Waals surface area contributed by atoms with Crippen LogP contribution < -0.4 is 5.32 Å². The highest BCUT2D eigenvalue weighted by Gasteiger charge is 2.17. The van der Waals surface area contributed by atoms with E-state index >= 15 is 0 Å². The lowest BCUT2D eigenvalue weighted by Gasteiger charge is -2.25. The number of aryl methyl sites for hydroxylation is 1. The largest absolute Gasteiger partial charge is 0.359 e. The zero-order valence-corrected chi connectivity index (χ0v) is 9.85. The lowest BCUT2D eigenvalue weighted by atomic mass is 9.85. The predicted octanol–water partition coefficient (Wildman–Crippen LogP) is 3.86. The van der Waals surface area contributed by atoms with E-state index in [2.05, 4.69) is 50.9 Å². The Bertz CT molecular complexity index is 396. The molecular formula is C14H19N. The molecule has 0 spiro atoms. The van der Waals surface area contributed by atoms with E-state index in [4.69, 9.17) is 0 Å². The molecule has 0 amide bonds. The molecule has 2 rings (SSSR count). The molecule has 1 heterocycles. The number of nitrogens with one attached hydrogen (secondary N) is 1. The minimum Gasteiger partial charge on any atom is -0.359 e. The van der Waals surface area contributed by atoms with Gasteiger partial charge < -0.3 is 5.32 Å². The summed E-state index contributed by atoms with van der Waals surface area (Å²) in [5, 5.41) is 3.38. The van der Waals surface area contributed by atoms with Gasteiger partial charge in [0.1, 0.15) is 0 Å². The lowest BCUT2D eigenvalue weighted by Crippen LogP contribution is -2.14. The van der Waals surface area contributed by atoms with Gasteiger partial charge in [0.25, 0.3) is 0 Å². The van der Waals surface area contributed by atoms with Gasteiger partial charge in [-0.15, -0.1) is 0 Å². The monoisotopic (exact) mass is 201 g/mol. The molecule has 1 nitrogen and oxygen atoms in total. The molecule has 1 aromatic rings. The molecule has 1 heteroatoms. The van der Waals surface area contributed by atoms with Gasteiger partial charge in [-0.1, -0.05) is 39.5 Å². The van der Waals surface area contributed by atoms with E-state index in [-0.39, 0.29) is 5.41 Å². The summed E-state index contributed by atoms with van der Waals surface area (Å²) in [7, 11) is 0. The Hall–Kier alpha value is -1.24. The van der Waals surface area contributed by atoms with Crippen LogP contribution in [-0.4, -0.2) is 0 Å². The Morgan fingerprint density at radius 1 is 1.20 bits per heavy atom. The van der Waals surface area contributed by atoms with E-state index in [1.54, 1.807) is 0 Å². The fourth-order valence-corrected chi connectivity index (χ4v) is 1.92. The first-order valence-corrected chi connectivity index (χ1v) is 5.55. The normalized spacial score (nSPS) is 15.8. The van der Waals surface area contributed by atoms with Gasteiger partial charge >= 0.3 is 0 Å². The van der Waals surface area contributed by atoms with Crippen LogP contribution in [0.5, 0.6) is 0 Å². The molecule has 0 aliphatic carbocycles. The second-order valence-corrected chi connectivity index (χ2v) is 5.35. The van der Waals surface area contributed by atoms with E-state index in [1.807, 2.05) is 0 Å². The first-order chi connectivity index (χ1) is 6.97. The number of benzene rings is 1. The summed E-state index contributed by atoms with van der Waals surface area (Å²) in [5.74, 6) is 0. The maximum Gasteiger partial charge on any atom is 0.0417 e. The molecule has 1 aliphatic rings. The zero-order chi connectivity index (χ0) is 11.1. The maximum absolute atomic E-state index is 3.99. The molecule has 1 aliphatic heterocycles. The topological polar surface area (TPSA) is 12.0 Å². The van der Waals surface area contributed by atoms with Crippen LogP contribution in [0.2, 0.25) is 0 Å². The van der Waals surface area contributed by atoms with Crippen LogP contribution in [-0.2, 0) is 11.8 Å². The number of fused-ring (bicyclic) bond motifs is 1. The molecule has 0 bridgehead atoms. The van der Waals surface area contributed by atoms with Crippen LogP contribution in [0.4, 0.5) is 5.69 Å². The van der Waals surface area contributed by atoms with E-state index in [0.717, 1.165) is 18.5 Å². The second-order valence-electron chi connectivity index (χ2n) is 5.35. The number of hydrogen-bond acceptors (Lipinski definition) is 1. The summed E-state index contributed by atoms with van der Waals surface area (Å²) in [4.78, 5) is 0. The van der Waals surface area contributed by atoms with Crippen molar-refractivity contribution in [2.24, 2.45) is 0 Å². The molecule has 0 radical (unpaired) electrons. The molecule has 0 aromatic heterocycles.